The number of nitrogens with one attached hydrogen (secondary N) is 1. The Bertz CT molecular complexity index is 677. The van der Waals surface area contributed by atoms with Crippen LogP contribution in [0.1, 0.15) is 15.9 Å². The van der Waals surface area contributed by atoms with E-state index in [9.17, 15) is 13.6 Å². The number of carbonyl (C=O) groups is 1. The van der Waals surface area contributed by atoms with Crippen molar-refractivity contribution in [2.75, 3.05) is 12.4 Å². The number of halogens is 3. The van der Waals surface area contributed by atoms with E-state index in [4.69, 9.17) is 0 Å². The molecule has 2 aromatic rings. The highest BCUT2D eigenvalue weighted by atomic mass is 79.9. The summed E-state index contributed by atoms with van der Waals surface area (Å²) in [6.45, 7) is 0.228. The number of ether oxygens (including phenoxy) is 1. The number of benzene rings is 2. The number of carbonyl (C=O) groups excluding carboxylic acids is 1. The standard InChI is InChI=1S/C15H12BrF2NO2/c1-21-15(20)10-3-5-12(17)14(7-10)19-8-9-2-4-11(16)13(18)6-9/h2-7,19H,8H2,1H3. The molecule has 1 N–H and O–H groups in total. The zero-order chi connectivity index (χ0) is 15.4. The molecule has 0 radical (unpaired) electrons. The maximum atomic E-state index is 13.7. The number of hydrogen-bond acceptors (Lipinski definition) is 3. The molecule has 0 fully saturated rings. The Kier molecular flexibility index (Phi) is 4.90. The molecule has 2 aromatic carbocycles. The van der Waals surface area contributed by atoms with Gasteiger partial charge in [-0.1, -0.05) is 6.07 Å². The van der Waals surface area contributed by atoms with Crippen LogP contribution in [0, 0.1) is 11.6 Å². The summed E-state index contributed by atoms with van der Waals surface area (Å²) in [6, 6.07) is 8.51. The Hall–Kier alpha value is -1.95. The van der Waals surface area contributed by atoms with Gasteiger partial charge in [0, 0.05) is 6.54 Å². The first-order valence-electron chi connectivity index (χ1n) is 6.07. The Morgan fingerprint density at radius 3 is 2.62 bits per heavy atom. The summed E-state index contributed by atoms with van der Waals surface area (Å²) in [6.07, 6.45) is 0. The van der Waals surface area contributed by atoms with Gasteiger partial charge < -0.3 is 10.1 Å². The Balaban J connectivity index is 2.15. The molecule has 3 nitrogen and oxygen atoms in total. The van der Waals surface area contributed by atoms with Crippen LogP contribution < -0.4 is 5.32 Å². The van der Waals surface area contributed by atoms with Gasteiger partial charge in [-0.2, -0.15) is 0 Å². The molecule has 2 rings (SSSR count). The first-order chi connectivity index (χ1) is 10.0. The zero-order valence-electron chi connectivity index (χ0n) is 11.1. The number of esters is 1. The maximum Gasteiger partial charge on any atom is 0.337 e. The van der Waals surface area contributed by atoms with Crippen molar-refractivity contribution < 1.29 is 18.3 Å². The number of rotatable bonds is 4. The van der Waals surface area contributed by atoms with Gasteiger partial charge in [-0.3, -0.25) is 0 Å². The van der Waals surface area contributed by atoms with E-state index in [0.29, 0.717) is 10.0 Å². The molecule has 0 atom stereocenters. The summed E-state index contributed by atoms with van der Waals surface area (Å²) in [4.78, 5) is 11.4. The van der Waals surface area contributed by atoms with Gasteiger partial charge in [-0.05, 0) is 51.8 Å². The molecule has 0 aliphatic rings. The molecule has 0 heterocycles. The van der Waals surface area contributed by atoms with Crippen LogP contribution in [0.15, 0.2) is 40.9 Å². The van der Waals surface area contributed by atoms with Crippen LogP contribution in [0.25, 0.3) is 0 Å². The fourth-order valence-corrected chi connectivity index (χ4v) is 2.00. The predicted octanol–water partition coefficient (Wildman–Crippen LogP) is 4.13. The zero-order valence-corrected chi connectivity index (χ0v) is 12.7. The van der Waals surface area contributed by atoms with Crippen LogP contribution in [0.4, 0.5) is 14.5 Å². The summed E-state index contributed by atoms with van der Waals surface area (Å²) in [7, 11) is 1.25. The molecular formula is C15H12BrF2NO2. The predicted molar refractivity (Wildman–Crippen MR) is 79.2 cm³/mol. The summed E-state index contributed by atoms with van der Waals surface area (Å²) in [5.41, 5.74) is 1.04. The van der Waals surface area contributed by atoms with Crippen molar-refractivity contribution >= 4 is 27.6 Å². The molecule has 0 saturated carbocycles. The smallest absolute Gasteiger partial charge is 0.337 e. The molecule has 0 bridgehead atoms. The van der Waals surface area contributed by atoms with Gasteiger partial charge in [0.1, 0.15) is 11.6 Å². The monoisotopic (exact) mass is 355 g/mol. The average Bonchev–Trinajstić information content (AvgIpc) is 2.49. The number of anilines is 1. The minimum Gasteiger partial charge on any atom is -0.465 e. The van der Waals surface area contributed by atoms with Crippen molar-refractivity contribution in [1.29, 1.82) is 0 Å². The molecule has 0 aliphatic heterocycles. The lowest BCUT2D eigenvalue weighted by atomic mass is 10.1. The van der Waals surface area contributed by atoms with Crippen LogP contribution in [0.3, 0.4) is 0 Å². The van der Waals surface area contributed by atoms with Crippen molar-refractivity contribution in [3.05, 3.63) is 63.6 Å². The summed E-state index contributed by atoms with van der Waals surface area (Å²) >= 11 is 3.06. The molecule has 0 aliphatic carbocycles. The van der Waals surface area contributed by atoms with Crippen molar-refractivity contribution in [2.45, 2.75) is 6.54 Å². The maximum absolute atomic E-state index is 13.7. The van der Waals surface area contributed by atoms with Gasteiger partial charge in [0.2, 0.25) is 0 Å². The summed E-state index contributed by atoms with van der Waals surface area (Å²) < 4.78 is 32.0. The summed E-state index contributed by atoms with van der Waals surface area (Å²) in [5, 5.41) is 2.83. The highest BCUT2D eigenvalue weighted by Crippen LogP contribution is 2.20. The fourth-order valence-electron chi connectivity index (χ4n) is 1.75. The lowest BCUT2D eigenvalue weighted by Crippen LogP contribution is -2.06. The fraction of sp³-hybridized carbons (Fsp3) is 0.133. The van der Waals surface area contributed by atoms with Crippen molar-refractivity contribution in [3.8, 4) is 0 Å². The molecule has 110 valence electrons. The number of hydrogen-bond donors (Lipinski definition) is 1. The van der Waals surface area contributed by atoms with Crippen molar-refractivity contribution in [3.63, 3.8) is 0 Å². The van der Waals surface area contributed by atoms with Crippen molar-refractivity contribution in [1.82, 2.24) is 0 Å². The van der Waals surface area contributed by atoms with Gasteiger partial charge in [-0.15, -0.1) is 0 Å². The Morgan fingerprint density at radius 1 is 1.19 bits per heavy atom. The van der Waals surface area contributed by atoms with E-state index in [-0.39, 0.29) is 17.8 Å². The van der Waals surface area contributed by atoms with Crippen molar-refractivity contribution in [2.24, 2.45) is 0 Å². The van der Waals surface area contributed by atoms with Gasteiger partial charge in [0.05, 0.1) is 22.8 Å². The third kappa shape index (κ3) is 3.78. The van der Waals surface area contributed by atoms with E-state index in [0.717, 1.165) is 0 Å². The van der Waals surface area contributed by atoms with Gasteiger partial charge in [0.25, 0.3) is 0 Å². The van der Waals surface area contributed by atoms with E-state index in [2.05, 4.69) is 26.0 Å². The quantitative estimate of drug-likeness (QED) is 0.838. The average molecular weight is 356 g/mol. The minimum atomic E-state index is -0.548. The molecule has 0 spiro atoms. The molecule has 0 unspecified atom stereocenters. The third-order valence-electron chi connectivity index (χ3n) is 2.85. The third-order valence-corrected chi connectivity index (χ3v) is 3.50. The normalized spacial score (nSPS) is 10.3. The molecule has 0 saturated heterocycles. The highest BCUT2D eigenvalue weighted by molar-refractivity contribution is 9.10. The van der Waals surface area contributed by atoms with Gasteiger partial charge in [0.15, 0.2) is 0 Å². The topological polar surface area (TPSA) is 38.3 Å². The summed E-state index contributed by atoms with van der Waals surface area (Å²) in [5.74, 6) is -1.44. The molecule has 0 amide bonds. The second-order valence-corrected chi connectivity index (χ2v) is 5.14. The van der Waals surface area contributed by atoms with E-state index in [1.165, 1.54) is 31.4 Å². The molecule has 0 aromatic heterocycles. The van der Waals surface area contributed by atoms with Crippen LogP contribution in [0.5, 0.6) is 0 Å². The van der Waals surface area contributed by atoms with E-state index >= 15 is 0 Å². The van der Waals surface area contributed by atoms with Crippen LogP contribution in [-0.4, -0.2) is 13.1 Å². The SMILES string of the molecule is COC(=O)c1ccc(F)c(NCc2ccc(Br)c(F)c2)c1. The highest BCUT2D eigenvalue weighted by Gasteiger charge is 2.10. The van der Waals surface area contributed by atoms with Gasteiger partial charge in [-0.25, -0.2) is 13.6 Å². The van der Waals surface area contributed by atoms with E-state index in [1.54, 1.807) is 12.1 Å². The first kappa shape index (κ1) is 15.4. The molecule has 21 heavy (non-hydrogen) atoms. The Morgan fingerprint density at radius 2 is 1.95 bits per heavy atom. The lowest BCUT2D eigenvalue weighted by Gasteiger charge is -2.09. The van der Waals surface area contributed by atoms with Crippen LogP contribution in [-0.2, 0) is 11.3 Å². The first-order valence-corrected chi connectivity index (χ1v) is 6.86. The molecular weight excluding hydrogens is 344 g/mol. The minimum absolute atomic E-state index is 0.154. The Labute approximate surface area is 129 Å². The number of methoxy groups -OCH3 is 1. The largest absolute Gasteiger partial charge is 0.465 e. The van der Waals surface area contributed by atoms with E-state index < -0.39 is 17.6 Å². The molecule has 6 heteroatoms. The van der Waals surface area contributed by atoms with Crippen LogP contribution >= 0.6 is 15.9 Å². The lowest BCUT2D eigenvalue weighted by molar-refractivity contribution is 0.0600. The van der Waals surface area contributed by atoms with Crippen LogP contribution in [0.2, 0.25) is 0 Å². The second kappa shape index (κ2) is 6.67. The second-order valence-electron chi connectivity index (χ2n) is 4.29. The van der Waals surface area contributed by atoms with E-state index in [1.807, 2.05) is 0 Å². The van der Waals surface area contributed by atoms with Gasteiger partial charge >= 0.3 is 5.97 Å².